The van der Waals surface area contributed by atoms with Crippen molar-refractivity contribution in [2.24, 2.45) is 0 Å². The van der Waals surface area contributed by atoms with E-state index in [1.807, 2.05) is 0 Å². The van der Waals surface area contributed by atoms with Crippen LogP contribution in [0, 0.1) is 6.92 Å². The lowest BCUT2D eigenvalue weighted by Crippen LogP contribution is -2.34. The Morgan fingerprint density at radius 2 is 2.07 bits per heavy atom. The minimum Gasteiger partial charge on any atom is -0.389 e. The molecule has 15 heavy (non-hydrogen) atoms. The van der Waals surface area contributed by atoms with Crippen molar-refractivity contribution in [2.75, 3.05) is 6.54 Å². The maximum Gasteiger partial charge on any atom is 0.0715 e. The summed E-state index contributed by atoms with van der Waals surface area (Å²) < 4.78 is 1.13. The van der Waals surface area contributed by atoms with Gasteiger partial charge in [-0.3, -0.25) is 0 Å². The van der Waals surface area contributed by atoms with Gasteiger partial charge in [0, 0.05) is 17.6 Å². The lowest BCUT2D eigenvalue weighted by molar-refractivity contribution is 0.0795. The third-order valence-electron chi connectivity index (χ3n) is 2.12. The fourth-order valence-corrected chi connectivity index (χ4v) is 1.69. The minimum atomic E-state index is -0.651. The van der Waals surface area contributed by atoms with E-state index >= 15 is 0 Å². The first-order chi connectivity index (χ1) is 6.88. The SMILES string of the molecule is Cc1ccc(CNCC(C)(C)O)cc1Br. The van der Waals surface area contributed by atoms with E-state index in [0.29, 0.717) is 6.54 Å². The summed E-state index contributed by atoms with van der Waals surface area (Å²) in [5, 5.41) is 12.7. The van der Waals surface area contributed by atoms with Crippen molar-refractivity contribution in [1.29, 1.82) is 0 Å². The maximum absolute atomic E-state index is 9.52. The Hall–Kier alpha value is -0.380. The van der Waals surface area contributed by atoms with Crippen molar-refractivity contribution in [1.82, 2.24) is 5.32 Å². The smallest absolute Gasteiger partial charge is 0.0715 e. The van der Waals surface area contributed by atoms with Crippen LogP contribution in [-0.2, 0) is 6.54 Å². The number of hydrogen-bond acceptors (Lipinski definition) is 2. The van der Waals surface area contributed by atoms with Gasteiger partial charge in [0.2, 0.25) is 0 Å². The molecule has 0 aliphatic rings. The highest BCUT2D eigenvalue weighted by Crippen LogP contribution is 2.17. The Morgan fingerprint density at radius 3 is 2.60 bits per heavy atom. The van der Waals surface area contributed by atoms with Gasteiger partial charge in [0.15, 0.2) is 0 Å². The zero-order valence-electron chi connectivity index (χ0n) is 9.47. The largest absolute Gasteiger partial charge is 0.389 e. The average molecular weight is 272 g/mol. The zero-order chi connectivity index (χ0) is 11.5. The summed E-state index contributed by atoms with van der Waals surface area (Å²) in [7, 11) is 0. The van der Waals surface area contributed by atoms with Gasteiger partial charge >= 0.3 is 0 Å². The van der Waals surface area contributed by atoms with Crippen molar-refractivity contribution in [3.05, 3.63) is 33.8 Å². The molecule has 0 saturated carbocycles. The molecular formula is C12H18BrNO. The second-order valence-electron chi connectivity index (χ2n) is 4.50. The lowest BCUT2D eigenvalue weighted by Gasteiger charge is -2.17. The quantitative estimate of drug-likeness (QED) is 0.883. The minimum absolute atomic E-state index is 0.596. The van der Waals surface area contributed by atoms with E-state index in [1.54, 1.807) is 13.8 Å². The zero-order valence-corrected chi connectivity index (χ0v) is 11.1. The van der Waals surface area contributed by atoms with E-state index in [-0.39, 0.29) is 0 Å². The summed E-state index contributed by atoms with van der Waals surface area (Å²) in [6, 6.07) is 6.29. The van der Waals surface area contributed by atoms with Crippen LogP contribution in [0.25, 0.3) is 0 Å². The van der Waals surface area contributed by atoms with E-state index in [9.17, 15) is 5.11 Å². The maximum atomic E-state index is 9.52. The highest BCUT2D eigenvalue weighted by atomic mass is 79.9. The van der Waals surface area contributed by atoms with E-state index in [4.69, 9.17) is 0 Å². The summed E-state index contributed by atoms with van der Waals surface area (Å²) in [5.74, 6) is 0. The number of nitrogens with one attached hydrogen (secondary N) is 1. The molecule has 0 heterocycles. The fraction of sp³-hybridized carbons (Fsp3) is 0.500. The first-order valence-corrected chi connectivity index (χ1v) is 5.86. The Kier molecular flexibility index (Phi) is 4.32. The fourth-order valence-electron chi connectivity index (χ4n) is 1.26. The third kappa shape index (κ3) is 4.78. The second-order valence-corrected chi connectivity index (χ2v) is 5.35. The van der Waals surface area contributed by atoms with Crippen molar-refractivity contribution >= 4 is 15.9 Å². The van der Waals surface area contributed by atoms with Gasteiger partial charge in [-0.05, 0) is 38.0 Å². The topological polar surface area (TPSA) is 32.3 Å². The van der Waals surface area contributed by atoms with Gasteiger partial charge in [-0.15, -0.1) is 0 Å². The van der Waals surface area contributed by atoms with Crippen molar-refractivity contribution < 1.29 is 5.11 Å². The molecule has 0 atom stereocenters. The Balaban J connectivity index is 2.48. The summed E-state index contributed by atoms with van der Waals surface area (Å²) in [5.41, 5.74) is 1.81. The molecule has 0 radical (unpaired) electrons. The molecule has 3 heteroatoms. The summed E-state index contributed by atoms with van der Waals surface area (Å²) in [6.45, 7) is 7.04. The van der Waals surface area contributed by atoms with Gasteiger partial charge in [-0.25, -0.2) is 0 Å². The highest BCUT2D eigenvalue weighted by Gasteiger charge is 2.10. The van der Waals surface area contributed by atoms with Crippen LogP contribution in [0.4, 0.5) is 0 Å². The van der Waals surface area contributed by atoms with E-state index in [2.05, 4.69) is 46.4 Å². The molecule has 2 nitrogen and oxygen atoms in total. The van der Waals surface area contributed by atoms with Gasteiger partial charge < -0.3 is 10.4 Å². The summed E-state index contributed by atoms with van der Waals surface area (Å²) in [4.78, 5) is 0. The average Bonchev–Trinajstić information content (AvgIpc) is 2.09. The number of benzene rings is 1. The molecule has 0 bridgehead atoms. The predicted octanol–water partition coefficient (Wildman–Crippen LogP) is 2.62. The van der Waals surface area contributed by atoms with E-state index in [0.717, 1.165) is 11.0 Å². The second kappa shape index (κ2) is 5.10. The molecule has 0 saturated heterocycles. The van der Waals surface area contributed by atoms with Crippen LogP contribution in [0.1, 0.15) is 25.0 Å². The number of aliphatic hydroxyl groups is 1. The first kappa shape index (κ1) is 12.7. The predicted molar refractivity (Wildman–Crippen MR) is 66.9 cm³/mol. The first-order valence-electron chi connectivity index (χ1n) is 5.06. The molecular weight excluding hydrogens is 254 g/mol. The number of aryl methyl sites for hydroxylation is 1. The summed E-state index contributed by atoms with van der Waals surface area (Å²) in [6.07, 6.45) is 0. The summed E-state index contributed by atoms with van der Waals surface area (Å²) >= 11 is 3.50. The molecule has 84 valence electrons. The monoisotopic (exact) mass is 271 g/mol. The van der Waals surface area contributed by atoms with Gasteiger partial charge in [-0.1, -0.05) is 28.1 Å². The lowest BCUT2D eigenvalue weighted by atomic mass is 10.1. The van der Waals surface area contributed by atoms with E-state index in [1.165, 1.54) is 11.1 Å². The molecule has 0 aliphatic carbocycles. The van der Waals surface area contributed by atoms with Crippen molar-refractivity contribution in [2.45, 2.75) is 32.9 Å². The number of rotatable bonds is 4. The molecule has 1 rings (SSSR count). The van der Waals surface area contributed by atoms with Crippen LogP contribution in [0.2, 0.25) is 0 Å². The van der Waals surface area contributed by atoms with Crippen molar-refractivity contribution in [3.8, 4) is 0 Å². The molecule has 1 aromatic rings. The molecule has 0 fully saturated rings. The molecule has 0 spiro atoms. The van der Waals surface area contributed by atoms with Crippen LogP contribution in [0.5, 0.6) is 0 Å². The Morgan fingerprint density at radius 1 is 1.40 bits per heavy atom. The normalized spacial score (nSPS) is 11.8. The van der Waals surface area contributed by atoms with Gasteiger partial charge in [0.1, 0.15) is 0 Å². The molecule has 0 aromatic heterocycles. The van der Waals surface area contributed by atoms with E-state index < -0.39 is 5.60 Å². The molecule has 0 amide bonds. The van der Waals surface area contributed by atoms with Gasteiger partial charge in [-0.2, -0.15) is 0 Å². The Bertz CT molecular complexity index is 331. The van der Waals surface area contributed by atoms with Crippen LogP contribution in [-0.4, -0.2) is 17.3 Å². The standard InChI is InChI=1S/C12H18BrNO/c1-9-4-5-10(6-11(9)13)7-14-8-12(2,3)15/h4-6,14-15H,7-8H2,1-3H3. The highest BCUT2D eigenvalue weighted by molar-refractivity contribution is 9.10. The van der Waals surface area contributed by atoms with Crippen LogP contribution < -0.4 is 5.32 Å². The molecule has 2 N–H and O–H groups in total. The number of hydrogen-bond donors (Lipinski definition) is 2. The van der Waals surface area contributed by atoms with Crippen LogP contribution >= 0.6 is 15.9 Å². The molecule has 0 unspecified atom stereocenters. The van der Waals surface area contributed by atoms with Gasteiger partial charge in [0.25, 0.3) is 0 Å². The van der Waals surface area contributed by atoms with Crippen LogP contribution in [0.3, 0.4) is 0 Å². The van der Waals surface area contributed by atoms with Gasteiger partial charge in [0.05, 0.1) is 5.60 Å². The van der Waals surface area contributed by atoms with Crippen molar-refractivity contribution in [3.63, 3.8) is 0 Å². The third-order valence-corrected chi connectivity index (χ3v) is 2.98. The molecule has 1 aromatic carbocycles. The van der Waals surface area contributed by atoms with Crippen LogP contribution in [0.15, 0.2) is 22.7 Å². The Labute approximate surface area is 99.8 Å². The number of halogens is 1. The molecule has 0 aliphatic heterocycles.